The Morgan fingerprint density at radius 2 is 2.16 bits per heavy atom. The minimum atomic E-state index is -1.39. The molecule has 4 heterocycles. The minimum Gasteiger partial charge on any atom is -0.543 e. The summed E-state index contributed by atoms with van der Waals surface area (Å²) in [6.07, 6.45) is -0.116. The van der Waals surface area contributed by atoms with Crippen LogP contribution in [0.4, 0.5) is 0 Å². The van der Waals surface area contributed by atoms with Gasteiger partial charge in [0.2, 0.25) is 11.8 Å². The number of hydrogen-bond donors (Lipinski definition) is 2. The number of thioether (sulfide) groups is 1. The molecule has 0 saturated carbocycles. The maximum Gasteiger partial charge on any atom is 1.00 e. The maximum atomic E-state index is 12.4. The van der Waals surface area contributed by atoms with Crippen LogP contribution in [0.25, 0.3) is 0 Å². The van der Waals surface area contributed by atoms with Crippen LogP contribution in [-0.2, 0) is 27.3 Å². The van der Waals surface area contributed by atoms with E-state index in [-0.39, 0.29) is 59.0 Å². The molecule has 4 atom stereocenters. The Kier molecular flexibility index (Phi) is 7.57. The van der Waals surface area contributed by atoms with Crippen molar-refractivity contribution >= 4 is 40.9 Å². The van der Waals surface area contributed by atoms with Crippen LogP contribution in [0.1, 0.15) is 24.4 Å². The molecule has 2 N–H and O–H groups in total. The van der Waals surface area contributed by atoms with Gasteiger partial charge >= 0.3 is 29.6 Å². The first-order chi connectivity index (χ1) is 14.2. The summed E-state index contributed by atoms with van der Waals surface area (Å²) >= 11 is 2.75. The van der Waals surface area contributed by atoms with E-state index in [0.717, 1.165) is 23.5 Å². The number of nitrogens with zero attached hydrogens (tertiary/aromatic N) is 3. The van der Waals surface area contributed by atoms with Gasteiger partial charge in [0.25, 0.3) is 0 Å². The topological polar surface area (TPSA) is 126 Å². The molecule has 9 nitrogen and oxygen atoms in total. The molecule has 2 amide bonds. The van der Waals surface area contributed by atoms with Crippen LogP contribution < -0.4 is 40.0 Å². The van der Waals surface area contributed by atoms with E-state index in [4.69, 9.17) is 0 Å². The molecule has 0 radical (unpaired) electrons. The molecule has 0 aliphatic carbocycles. The molecule has 12 heteroatoms. The van der Waals surface area contributed by atoms with E-state index in [2.05, 4.69) is 15.2 Å². The molecule has 0 aromatic carbocycles. The van der Waals surface area contributed by atoms with Crippen molar-refractivity contribution in [2.45, 2.75) is 43.3 Å². The average molecular weight is 475 g/mol. The van der Waals surface area contributed by atoms with Gasteiger partial charge in [-0.25, -0.2) is 4.98 Å². The number of carboxylic acid groups (broad SMARTS) is 1. The Labute approximate surface area is 210 Å². The smallest absolute Gasteiger partial charge is 0.543 e. The quantitative estimate of drug-likeness (QED) is 0.317. The van der Waals surface area contributed by atoms with Crippen LogP contribution >= 0.6 is 23.1 Å². The van der Waals surface area contributed by atoms with E-state index in [1.54, 1.807) is 14.0 Å². The van der Waals surface area contributed by atoms with Crippen LogP contribution in [0.3, 0.4) is 0 Å². The fourth-order valence-electron chi connectivity index (χ4n) is 4.43. The van der Waals surface area contributed by atoms with Crippen molar-refractivity contribution < 1.29 is 54.2 Å². The molecular weight excluding hydrogens is 451 g/mol. The third-order valence-corrected chi connectivity index (χ3v) is 8.36. The summed E-state index contributed by atoms with van der Waals surface area (Å²) in [4.78, 5) is 45.5. The molecule has 1 aromatic heterocycles. The number of likely N-dealkylation sites (N-methyl/N-ethyl adjacent to an activating group) is 1. The van der Waals surface area contributed by atoms with Crippen molar-refractivity contribution in [1.82, 2.24) is 20.1 Å². The second-order valence-electron chi connectivity index (χ2n) is 7.84. The predicted octanol–water partition coefficient (Wildman–Crippen LogP) is -3.84. The van der Waals surface area contributed by atoms with E-state index in [1.165, 1.54) is 28.0 Å². The first kappa shape index (κ1) is 24.7. The number of carboxylic acids is 1. The second-order valence-corrected chi connectivity index (χ2v) is 10.2. The van der Waals surface area contributed by atoms with Crippen molar-refractivity contribution in [2.75, 3.05) is 20.1 Å². The molecule has 1 fully saturated rings. The molecule has 31 heavy (non-hydrogen) atoms. The van der Waals surface area contributed by atoms with Crippen LogP contribution in [0.2, 0.25) is 0 Å². The zero-order chi connectivity index (χ0) is 21.7. The number of β-lactam (4-membered cyclic amide) rings is 1. The number of thiazole rings is 1. The summed E-state index contributed by atoms with van der Waals surface area (Å²) in [7, 11) is 1.61. The van der Waals surface area contributed by atoms with Gasteiger partial charge in [-0.1, -0.05) is 18.7 Å². The van der Waals surface area contributed by atoms with Gasteiger partial charge in [0.1, 0.15) is 0 Å². The molecule has 1 saturated heterocycles. The number of carbonyl (C=O) groups excluding carboxylic acids is 3. The largest absolute Gasteiger partial charge is 1.00 e. The van der Waals surface area contributed by atoms with Gasteiger partial charge in [0.05, 0.1) is 42.0 Å². The number of aliphatic hydroxyl groups is 1. The fraction of sp³-hybridized carbons (Fsp3) is 0.579. The van der Waals surface area contributed by atoms with Crippen LogP contribution in [0, 0.1) is 11.8 Å². The van der Waals surface area contributed by atoms with Crippen molar-refractivity contribution in [1.29, 1.82) is 0 Å². The SMILES string of the molecule is CNC(=O)CN1CCc2nc(SC3=C(C(=O)[O-])N4C(=O)C(C(C)O)C4C3C)sc2C1.[Na+]. The van der Waals surface area contributed by atoms with Crippen LogP contribution in [0.5, 0.6) is 0 Å². The van der Waals surface area contributed by atoms with Gasteiger partial charge in [-0.2, -0.15) is 0 Å². The Bertz CT molecular complexity index is 950. The van der Waals surface area contributed by atoms with E-state index in [0.29, 0.717) is 22.3 Å². The Morgan fingerprint density at radius 1 is 1.45 bits per heavy atom. The Balaban J connectivity index is 0.00000272. The number of nitrogens with one attached hydrogen (secondary N) is 1. The molecule has 3 aliphatic rings. The van der Waals surface area contributed by atoms with Crippen molar-refractivity contribution in [2.24, 2.45) is 11.8 Å². The van der Waals surface area contributed by atoms with Gasteiger partial charge in [-0.05, 0) is 6.92 Å². The molecule has 162 valence electrons. The standard InChI is InChI=1S/C19H24N4O5S2.Na/c1-8-14-13(9(2)24)17(26)23(14)15(18(27)28)16(8)30-19-21-10-4-5-22(6-11(10)29-19)7-12(25)20-3;/h8-9,13-14,24H,4-7H2,1-3H3,(H,20,25)(H,27,28);/q;+1/p-1. The summed E-state index contributed by atoms with van der Waals surface area (Å²) in [5, 5.41) is 24.4. The Hall–Kier alpha value is -0.950. The van der Waals surface area contributed by atoms with Gasteiger partial charge in [-0.15, -0.1) is 11.3 Å². The third-order valence-electron chi connectivity index (χ3n) is 5.94. The first-order valence-corrected chi connectivity index (χ1v) is 11.4. The summed E-state index contributed by atoms with van der Waals surface area (Å²) < 4.78 is 0.714. The third kappa shape index (κ3) is 4.33. The van der Waals surface area contributed by atoms with E-state index in [1.807, 2.05) is 6.92 Å². The summed E-state index contributed by atoms with van der Waals surface area (Å²) in [6.45, 7) is 5.11. The monoisotopic (exact) mass is 474 g/mol. The van der Waals surface area contributed by atoms with Gasteiger partial charge in [0, 0.05) is 42.3 Å². The van der Waals surface area contributed by atoms with E-state index < -0.39 is 18.0 Å². The number of amides is 2. The molecule has 0 bridgehead atoms. The fourth-order valence-corrected chi connectivity index (χ4v) is 6.99. The van der Waals surface area contributed by atoms with Crippen LogP contribution in [0.15, 0.2) is 14.9 Å². The zero-order valence-corrected chi connectivity index (χ0v) is 21.5. The summed E-state index contributed by atoms with van der Waals surface area (Å²) in [6, 6.07) is -0.370. The molecule has 0 spiro atoms. The number of fused-ring (bicyclic) bond motifs is 2. The molecular formula is C19H23N4NaO5S2. The number of aliphatic hydroxyl groups excluding tert-OH is 1. The van der Waals surface area contributed by atoms with Crippen LogP contribution in [-0.4, -0.2) is 70.0 Å². The normalized spacial score (nSPS) is 26.0. The van der Waals surface area contributed by atoms with Gasteiger partial charge < -0.3 is 25.2 Å². The molecule has 4 unspecified atom stereocenters. The number of carbonyl (C=O) groups is 3. The van der Waals surface area contributed by atoms with E-state index in [9.17, 15) is 24.6 Å². The average Bonchev–Trinajstić information content (AvgIpc) is 3.18. The molecule has 1 aromatic rings. The van der Waals surface area contributed by atoms with E-state index >= 15 is 0 Å². The van der Waals surface area contributed by atoms with Gasteiger partial charge in [0.15, 0.2) is 4.34 Å². The number of aromatic nitrogens is 1. The van der Waals surface area contributed by atoms with Crippen molar-refractivity contribution in [3.8, 4) is 0 Å². The summed E-state index contributed by atoms with van der Waals surface area (Å²) in [5.74, 6) is -2.63. The number of hydrogen-bond acceptors (Lipinski definition) is 9. The maximum absolute atomic E-state index is 12.4. The van der Waals surface area contributed by atoms with Crippen molar-refractivity contribution in [3.05, 3.63) is 21.2 Å². The first-order valence-electron chi connectivity index (χ1n) is 9.79. The molecule has 4 rings (SSSR count). The molecule has 3 aliphatic heterocycles. The van der Waals surface area contributed by atoms with Crippen molar-refractivity contribution in [3.63, 3.8) is 0 Å². The number of aliphatic carboxylic acids is 1. The predicted molar refractivity (Wildman–Crippen MR) is 108 cm³/mol. The minimum absolute atomic E-state index is 0. The van der Waals surface area contributed by atoms with Gasteiger partial charge in [-0.3, -0.25) is 14.5 Å². The zero-order valence-electron chi connectivity index (χ0n) is 17.9. The number of rotatable bonds is 6. The second kappa shape index (κ2) is 9.50. The summed E-state index contributed by atoms with van der Waals surface area (Å²) in [5.41, 5.74) is 0.868. The Morgan fingerprint density at radius 3 is 2.77 bits per heavy atom.